The van der Waals surface area contributed by atoms with E-state index in [1.165, 1.54) is 0 Å². The molecule has 0 radical (unpaired) electrons. The smallest absolute Gasteiger partial charge is 0.257 e. The van der Waals surface area contributed by atoms with Crippen LogP contribution in [0.5, 0.6) is 11.5 Å². The van der Waals surface area contributed by atoms with Crippen LogP contribution >= 0.6 is 0 Å². The Kier molecular flexibility index (Phi) is 6.58. The number of aryl methyl sites for hydroxylation is 1. The Labute approximate surface area is 188 Å². The van der Waals surface area contributed by atoms with Crippen molar-refractivity contribution < 1.29 is 19.1 Å². The highest BCUT2D eigenvalue weighted by molar-refractivity contribution is 5.95. The minimum Gasteiger partial charge on any atom is -0.497 e. The van der Waals surface area contributed by atoms with Gasteiger partial charge < -0.3 is 19.3 Å². The van der Waals surface area contributed by atoms with Gasteiger partial charge in [0.15, 0.2) is 0 Å². The quantitative estimate of drug-likeness (QED) is 0.689. The van der Waals surface area contributed by atoms with Gasteiger partial charge in [-0.05, 0) is 44.4 Å². The number of amides is 2. The zero-order valence-electron chi connectivity index (χ0n) is 19.0. The lowest BCUT2D eigenvalue weighted by Gasteiger charge is -2.18. The molecule has 2 aliphatic heterocycles. The normalized spacial score (nSPS) is 18.2. The number of aromatic nitrogens is 2. The second kappa shape index (κ2) is 9.54. The highest BCUT2D eigenvalue weighted by Crippen LogP contribution is 2.28. The predicted octanol–water partition coefficient (Wildman–Crippen LogP) is 2.60. The van der Waals surface area contributed by atoms with Crippen LogP contribution in [0.1, 0.15) is 52.6 Å². The molecule has 32 heavy (non-hydrogen) atoms. The zero-order valence-corrected chi connectivity index (χ0v) is 19.0. The summed E-state index contributed by atoms with van der Waals surface area (Å²) in [6.45, 7) is 4.70. The first-order chi connectivity index (χ1) is 15.5. The number of rotatable bonds is 6. The van der Waals surface area contributed by atoms with E-state index in [0.717, 1.165) is 37.9 Å². The standard InChI is InChI=1S/C24H30N4O4/c1-16-20(24(30)27-9-4-5-10-27)14-25-23(26-16)17-8-11-28(15-17)22(29)13-18-12-19(31-2)6-7-21(18)32-3/h6-7,12,14,17H,4-5,8-11,13,15H2,1-3H3/t17-/m1/s1. The Bertz CT molecular complexity index is 1000. The number of ether oxygens (including phenoxy) is 2. The van der Waals surface area contributed by atoms with Crippen molar-refractivity contribution in [2.45, 2.75) is 38.5 Å². The number of nitrogens with zero attached hydrogens (tertiary/aromatic N) is 4. The van der Waals surface area contributed by atoms with Crippen molar-refractivity contribution >= 4 is 11.8 Å². The SMILES string of the molecule is COc1ccc(OC)c(CC(=O)N2CC[C@@H](c3ncc(C(=O)N4CCCC4)c(C)n3)C2)c1. The number of carbonyl (C=O) groups is 2. The van der Waals surface area contributed by atoms with Gasteiger partial charge in [0, 0.05) is 43.9 Å². The van der Waals surface area contributed by atoms with Crippen LogP contribution in [-0.4, -0.2) is 72.0 Å². The summed E-state index contributed by atoms with van der Waals surface area (Å²) in [4.78, 5) is 38.5. The van der Waals surface area contributed by atoms with Crippen LogP contribution in [0.2, 0.25) is 0 Å². The third-order valence-electron chi connectivity index (χ3n) is 6.36. The average Bonchev–Trinajstić information content (AvgIpc) is 3.51. The van der Waals surface area contributed by atoms with Gasteiger partial charge in [0.05, 0.1) is 31.9 Å². The second-order valence-corrected chi connectivity index (χ2v) is 8.41. The van der Waals surface area contributed by atoms with Gasteiger partial charge in [0.1, 0.15) is 17.3 Å². The number of hydrogen-bond acceptors (Lipinski definition) is 6. The summed E-state index contributed by atoms with van der Waals surface area (Å²) in [7, 11) is 3.20. The molecule has 8 heteroatoms. The molecule has 0 bridgehead atoms. The lowest BCUT2D eigenvalue weighted by atomic mass is 10.1. The molecule has 1 atom stereocenters. The number of benzene rings is 1. The minimum absolute atomic E-state index is 0.0158. The summed E-state index contributed by atoms with van der Waals surface area (Å²) in [6, 6.07) is 5.47. The molecular formula is C24H30N4O4. The molecule has 0 N–H and O–H groups in total. The summed E-state index contributed by atoms with van der Waals surface area (Å²) < 4.78 is 10.7. The summed E-state index contributed by atoms with van der Waals surface area (Å²) >= 11 is 0. The predicted molar refractivity (Wildman–Crippen MR) is 119 cm³/mol. The van der Waals surface area contributed by atoms with Crippen molar-refractivity contribution in [3.8, 4) is 11.5 Å². The molecule has 2 saturated heterocycles. The summed E-state index contributed by atoms with van der Waals surface area (Å²) in [5.41, 5.74) is 2.08. The third-order valence-corrected chi connectivity index (χ3v) is 6.36. The van der Waals surface area contributed by atoms with Crippen LogP contribution in [0.3, 0.4) is 0 Å². The molecule has 0 spiro atoms. The van der Waals surface area contributed by atoms with Crippen molar-refractivity contribution in [1.82, 2.24) is 19.8 Å². The Balaban J connectivity index is 1.41. The molecule has 1 aromatic heterocycles. The van der Waals surface area contributed by atoms with Gasteiger partial charge >= 0.3 is 0 Å². The van der Waals surface area contributed by atoms with E-state index < -0.39 is 0 Å². The lowest BCUT2D eigenvalue weighted by Crippen LogP contribution is -2.30. The molecule has 0 aliphatic carbocycles. The molecule has 170 valence electrons. The maximum atomic E-state index is 13.0. The molecule has 1 aromatic carbocycles. The maximum absolute atomic E-state index is 13.0. The molecule has 2 aliphatic rings. The van der Waals surface area contributed by atoms with E-state index >= 15 is 0 Å². The van der Waals surface area contributed by atoms with Gasteiger partial charge in [-0.2, -0.15) is 0 Å². The fourth-order valence-electron chi connectivity index (χ4n) is 4.47. The van der Waals surface area contributed by atoms with Crippen LogP contribution in [0.15, 0.2) is 24.4 Å². The van der Waals surface area contributed by atoms with Gasteiger partial charge in [-0.15, -0.1) is 0 Å². The first-order valence-electron chi connectivity index (χ1n) is 11.1. The average molecular weight is 439 g/mol. The van der Waals surface area contributed by atoms with Crippen LogP contribution < -0.4 is 9.47 Å². The van der Waals surface area contributed by atoms with E-state index in [4.69, 9.17) is 9.47 Å². The monoisotopic (exact) mass is 438 g/mol. The van der Waals surface area contributed by atoms with Crippen molar-refractivity contribution in [3.05, 3.63) is 47.0 Å². The highest BCUT2D eigenvalue weighted by atomic mass is 16.5. The minimum atomic E-state index is 0.0158. The fourth-order valence-corrected chi connectivity index (χ4v) is 4.47. The molecule has 0 unspecified atom stereocenters. The molecule has 0 saturated carbocycles. The first-order valence-corrected chi connectivity index (χ1v) is 11.1. The number of hydrogen-bond donors (Lipinski definition) is 0. The highest BCUT2D eigenvalue weighted by Gasteiger charge is 2.30. The van der Waals surface area contributed by atoms with E-state index in [0.29, 0.717) is 41.7 Å². The Morgan fingerprint density at radius 2 is 1.88 bits per heavy atom. The van der Waals surface area contributed by atoms with E-state index in [-0.39, 0.29) is 24.2 Å². The van der Waals surface area contributed by atoms with Gasteiger partial charge in [-0.1, -0.05) is 0 Å². The van der Waals surface area contributed by atoms with Crippen molar-refractivity contribution in [1.29, 1.82) is 0 Å². The van der Waals surface area contributed by atoms with Gasteiger partial charge in [-0.25, -0.2) is 9.97 Å². The zero-order chi connectivity index (χ0) is 22.7. The molecule has 8 nitrogen and oxygen atoms in total. The van der Waals surface area contributed by atoms with Crippen LogP contribution in [0.4, 0.5) is 0 Å². The van der Waals surface area contributed by atoms with Crippen LogP contribution in [0.25, 0.3) is 0 Å². The maximum Gasteiger partial charge on any atom is 0.257 e. The van der Waals surface area contributed by atoms with Crippen LogP contribution in [-0.2, 0) is 11.2 Å². The third kappa shape index (κ3) is 4.54. The molecule has 4 rings (SSSR count). The van der Waals surface area contributed by atoms with Gasteiger partial charge in [0.25, 0.3) is 5.91 Å². The topological polar surface area (TPSA) is 84.9 Å². The van der Waals surface area contributed by atoms with E-state index in [1.807, 2.05) is 34.9 Å². The second-order valence-electron chi connectivity index (χ2n) is 8.41. The molecule has 3 heterocycles. The number of likely N-dealkylation sites (tertiary alicyclic amines) is 2. The Hall–Kier alpha value is -3.16. The number of methoxy groups -OCH3 is 2. The van der Waals surface area contributed by atoms with Crippen LogP contribution in [0, 0.1) is 6.92 Å². The van der Waals surface area contributed by atoms with E-state index in [2.05, 4.69) is 9.97 Å². The Morgan fingerprint density at radius 1 is 1.09 bits per heavy atom. The van der Waals surface area contributed by atoms with Gasteiger partial charge in [0.2, 0.25) is 5.91 Å². The largest absolute Gasteiger partial charge is 0.497 e. The lowest BCUT2D eigenvalue weighted by molar-refractivity contribution is -0.129. The number of carbonyl (C=O) groups excluding carboxylic acids is 2. The molecule has 2 fully saturated rings. The fraction of sp³-hybridized carbons (Fsp3) is 0.500. The van der Waals surface area contributed by atoms with Gasteiger partial charge in [-0.3, -0.25) is 9.59 Å². The van der Waals surface area contributed by atoms with Crippen molar-refractivity contribution in [2.24, 2.45) is 0 Å². The summed E-state index contributed by atoms with van der Waals surface area (Å²) in [5.74, 6) is 2.20. The van der Waals surface area contributed by atoms with Crippen molar-refractivity contribution in [3.63, 3.8) is 0 Å². The summed E-state index contributed by atoms with van der Waals surface area (Å²) in [5, 5.41) is 0. The van der Waals surface area contributed by atoms with E-state index in [9.17, 15) is 9.59 Å². The van der Waals surface area contributed by atoms with Crippen molar-refractivity contribution in [2.75, 3.05) is 40.4 Å². The summed E-state index contributed by atoms with van der Waals surface area (Å²) in [6.07, 6.45) is 4.81. The molecule has 2 amide bonds. The molecule has 2 aromatic rings. The Morgan fingerprint density at radius 3 is 2.56 bits per heavy atom. The molecular weight excluding hydrogens is 408 g/mol. The van der Waals surface area contributed by atoms with E-state index in [1.54, 1.807) is 20.4 Å². The first kappa shape index (κ1) is 22.0.